The van der Waals surface area contributed by atoms with Crippen LogP contribution in [-0.2, 0) is 11.3 Å². The van der Waals surface area contributed by atoms with Crippen molar-refractivity contribution >= 4 is 33.3 Å². The summed E-state index contributed by atoms with van der Waals surface area (Å²) in [5, 5.41) is 6.83. The first-order valence-electron chi connectivity index (χ1n) is 5.54. The number of nitrogens with zero attached hydrogens (tertiary/aromatic N) is 4. The number of rotatable bonds is 3. The van der Waals surface area contributed by atoms with Crippen molar-refractivity contribution in [3.05, 3.63) is 28.4 Å². The average molecular weight is 325 g/mol. The van der Waals surface area contributed by atoms with E-state index in [-0.39, 0.29) is 12.5 Å². The minimum atomic E-state index is -0.234. The van der Waals surface area contributed by atoms with Gasteiger partial charge in [0.25, 0.3) is 0 Å². The Labute approximate surface area is 118 Å². The lowest BCUT2D eigenvalue weighted by Crippen LogP contribution is -2.21. The van der Waals surface area contributed by atoms with Crippen molar-refractivity contribution in [2.75, 3.05) is 11.1 Å². The van der Waals surface area contributed by atoms with E-state index in [1.54, 1.807) is 11.6 Å². The molecule has 0 aromatic carbocycles. The molecular formula is C11H13BrN6O. The van der Waals surface area contributed by atoms with E-state index >= 15 is 0 Å². The molecule has 0 aliphatic carbocycles. The van der Waals surface area contributed by atoms with Gasteiger partial charge in [-0.15, -0.1) is 0 Å². The molecule has 0 atom stereocenters. The molecule has 0 fully saturated rings. The van der Waals surface area contributed by atoms with Gasteiger partial charge in [-0.1, -0.05) is 0 Å². The van der Waals surface area contributed by atoms with Crippen LogP contribution in [0.15, 0.2) is 17.0 Å². The van der Waals surface area contributed by atoms with Gasteiger partial charge in [0.15, 0.2) is 5.82 Å². The highest BCUT2D eigenvalue weighted by Gasteiger charge is 2.11. The first-order chi connectivity index (χ1) is 8.97. The van der Waals surface area contributed by atoms with Crippen molar-refractivity contribution in [2.24, 2.45) is 0 Å². The molecule has 2 rings (SSSR count). The second-order valence-electron chi connectivity index (χ2n) is 4.01. The van der Waals surface area contributed by atoms with E-state index in [1.165, 1.54) is 12.4 Å². The van der Waals surface area contributed by atoms with Gasteiger partial charge < -0.3 is 11.1 Å². The molecule has 0 aliphatic heterocycles. The predicted octanol–water partition coefficient (Wildman–Crippen LogP) is 1.27. The number of anilines is 2. The number of hydrogen-bond donors (Lipinski definition) is 2. The van der Waals surface area contributed by atoms with E-state index in [9.17, 15) is 4.79 Å². The topological polar surface area (TPSA) is 98.7 Å². The van der Waals surface area contributed by atoms with Crippen LogP contribution in [-0.4, -0.2) is 25.7 Å². The second-order valence-corrected chi connectivity index (χ2v) is 4.83. The van der Waals surface area contributed by atoms with Crippen molar-refractivity contribution in [2.45, 2.75) is 20.4 Å². The minimum absolute atomic E-state index is 0.0849. The van der Waals surface area contributed by atoms with Crippen LogP contribution >= 0.6 is 15.9 Å². The standard InChI is InChI=1S/C11H13BrN6O/c1-6-11(13)7(2)18(17-6)5-10(19)16-9-4-14-8(12)3-15-9/h3-4H,5,13H2,1-2H3,(H,15,16,19). The van der Waals surface area contributed by atoms with E-state index in [4.69, 9.17) is 5.73 Å². The minimum Gasteiger partial charge on any atom is -0.396 e. The van der Waals surface area contributed by atoms with Gasteiger partial charge in [0, 0.05) is 0 Å². The number of nitrogen functional groups attached to an aromatic ring is 1. The first kappa shape index (κ1) is 13.5. The van der Waals surface area contributed by atoms with Crippen LogP contribution in [0.3, 0.4) is 0 Å². The summed E-state index contributed by atoms with van der Waals surface area (Å²) in [5.74, 6) is 0.157. The Balaban J connectivity index is 2.05. The number of aromatic nitrogens is 4. The Morgan fingerprint density at radius 1 is 1.42 bits per heavy atom. The van der Waals surface area contributed by atoms with Gasteiger partial charge in [-0.2, -0.15) is 5.10 Å². The van der Waals surface area contributed by atoms with Crippen LogP contribution in [0.5, 0.6) is 0 Å². The quantitative estimate of drug-likeness (QED) is 0.885. The average Bonchev–Trinajstić information content (AvgIpc) is 2.60. The Hall–Kier alpha value is -1.96. The largest absolute Gasteiger partial charge is 0.396 e. The molecule has 1 amide bonds. The van der Waals surface area contributed by atoms with Crippen molar-refractivity contribution in [3.8, 4) is 0 Å². The van der Waals surface area contributed by atoms with Crippen molar-refractivity contribution in [1.29, 1.82) is 0 Å². The summed E-state index contributed by atoms with van der Waals surface area (Å²) in [4.78, 5) is 19.8. The smallest absolute Gasteiger partial charge is 0.247 e. The van der Waals surface area contributed by atoms with Crippen LogP contribution in [0.4, 0.5) is 11.5 Å². The number of carbonyl (C=O) groups excluding carboxylic acids is 1. The van der Waals surface area contributed by atoms with Crippen LogP contribution in [0.1, 0.15) is 11.4 Å². The van der Waals surface area contributed by atoms with Gasteiger partial charge in [-0.05, 0) is 29.8 Å². The molecule has 0 saturated heterocycles. The third-order valence-electron chi connectivity index (χ3n) is 2.62. The second kappa shape index (κ2) is 5.35. The summed E-state index contributed by atoms with van der Waals surface area (Å²) in [6.45, 7) is 3.71. The lowest BCUT2D eigenvalue weighted by molar-refractivity contribution is -0.117. The van der Waals surface area contributed by atoms with Crippen LogP contribution < -0.4 is 11.1 Å². The zero-order chi connectivity index (χ0) is 14.0. The maximum atomic E-state index is 11.8. The van der Waals surface area contributed by atoms with E-state index in [1.807, 2.05) is 6.92 Å². The molecule has 2 aromatic rings. The highest BCUT2D eigenvalue weighted by molar-refractivity contribution is 9.10. The number of aryl methyl sites for hydroxylation is 1. The van der Waals surface area contributed by atoms with Gasteiger partial charge in [-0.25, -0.2) is 9.97 Å². The molecule has 0 unspecified atom stereocenters. The number of halogens is 1. The number of nitrogens with two attached hydrogens (primary N) is 1. The molecule has 0 spiro atoms. The maximum absolute atomic E-state index is 11.8. The monoisotopic (exact) mass is 324 g/mol. The SMILES string of the molecule is Cc1nn(CC(=O)Nc2cnc(Br)cn2)c(C)c1N. The molecule has 0 aliphatic rings. The lowest BCUT2D eigenvalue weighted by atomic mass is 10.3. The fourth-order valence-corrected chi connectivity index (χ4v) is 1.76. The Morgan fingerprint density at radius 2 is 2.16 bits per heavy atom. The zero-order valence-electron chi connectivity index (χ0n) is 10.5. The summed E-state index contributed by atoms with van der Waals surface area (Å²) in [6.07, 6.45) is 2.98. The summed E-state index contributed by atoms with van der Waals surface area (Å²) in [6, 6.07) is 0. The fraction of sp³-hybridized carbons (Fsp3) is 0.273. The van der Waals surface area contributed by atoms with Crippen molar-refractivity contribution in [1.82, 2.24) is 19.7 Å². The molecule has 7 nitrogen and oxygen atoms in total. The molecule has 19 heavy (non-hydrogen) atoms. The number of hydrogen-bond acceptors (Lipinski definition) is 5. The molecule has 0 bridgehead atoms. The molecule has 2 aromatic heterocycles. The van der Waals surface area contributed by atoms with Gasteiger partial charge in [0.2, 0.25) is 5.91 Å². The van der Waals surface area contributed by atoms with Gasteiger partial charge in [-0.3, -0.25) is 9.48 Å². The predicted molar refractivity (Wildman–Crippen MR) is 74.5 cm³/mol. The van der Waals surface area contributed by atoms with Crippen molar-refractivity contribution in [3.63, 3.8) is 0 Å². The van der Waals surface area contributed by atoms with E-state index in [0.29, 0.717) is 21.8 Å². The highest BCUT2D eigenvalue weighted by Crippen LogP contribution is 2.14. The lowest BCUT2D eigenvalue weighted by Gasteiger charge is -2.05. The Bertz CT molecular complexity index is 606. The van der Waals surface area contributed by atoms with E-state index < -0.39 is 0 Å². The van der Waals surface area contributed by atoms with Crippen LogP contribution in [0, 0.1) is 13.8 Å². The van der Waals surface area contributed by atoms with Crippen LogP contribution in [0.2, 0.25) is 0 Å². The summed E-state index contributed by atoms with van der Waals surface area (Å²) in [5.41, 5.74) is 7.90. The number of carbonyl (C=O) groups is 1. The Morgan fingerprint density at radius 3 is 2.68 bits per heavy atom. The number of nitrogens with one attached hydrogen (secondary N) is 1. The first-order valence-corrected chi connectivity index (χ1v) is 6.33. The number of amides is 1. The molecular weight excluding hydrogens is 312 g/mol. The van der Waals surface area contributed by atoms with Crippen molar-refractivity contribution < 1.29 is 4.79 Å². The molecule has 0 saturated carbocycles. The maximum Gasteiger partial charge on any atom is 0.247 e. The summed E-state index contributed by atoms with van der Waals surface area (Å²) in [7, 11) is 0. The molecule has 0 radical (unpaired) electrons. The molecule has 2 heterocycles. The molecule has 100 valence electrons. The molecule has 8 heteroatoms. The third-order valence-corrected chi connectivity index (χ3v) is 3.03. The van der Waals surface area contributed by atoms with E-state index in [2.05, 4.69) is 36.3 Å². The summed E-state index contributed by atoms with van der Waals surface area (Å²) < 4.78 is 2.17. The Kier molecular flexibility index (Phi) is 3.79. The van der Waals surface area contributed by atoms with E-state index in [0.717, 1.165) is 5.69 Å². The van der Waals surface area contributed by atoms with Gasteiger partial charge in [0.1, 0.15) is 11.1 Å². The van der Waals surface area contributed by atoms with Crippen LogP contribution in [0.25, 0.3) is 0 Å². The molecule has 3 N–H and O–H groups in total. The third kappa shape index (κ3) is 3.08. The normalized spacial score (nSPS) is 10.5. The highest BCUT2D eigenvalue weighted by atomic mass is 79.9. The zero-order valence-corrected chi connectivity index (χ0v) is 12.1. The summed E-state index contributed by atoms with van der Waals surface area (Å²) >= 11 is 3.17. The van der Waals surface area contributed by atoms with Gasteiger partial charge >= 0.3 is 0 Å². The fourth-order valence-electron chi connectivity index (χ4n) is 1.56. The van der Waals surface area contributed by atoms with Gasteiger partial charge in [0.05, 0.1) is 29.5 Å².